The van der Waals surface area contributed by atoms with Gasteiger partial charge in [0.2, 0.25) is 5.91 Å². The zero-order valence-corrected chi connectivity index (χ0v) is 15.4. The minimum absolute atomic E-state index is 0.0703. The van der Waals surface area contributed by atoms with Crippen molar-refractivity contribution in [2.45, 2.75) is 26.7 Å². The molecule has 3 aromatic rings. The van der Waals surface area contributed by atoms with Crippen molar-refractivity contribution >= 4 is 11.6 Å². The number of carbonyl (C=O) groups is 1. The molecule has 0 radical (unpaired) electrons. The van der Waals surface area contributed by atoms with Gasteiger partial charge in [0.1, 0.15) is 0 Å². The molecular formula is C24H25NO. The SMILES string of the molecule is Cc1ccc(NC(=O)C(Cc2ccccc2)Cc2ccccc2)cc1C. The van der Waals surface area contributed by atoms with Gasteiger partial charge >= 0.3 is 0 Å². The molecule has 0 aliphatic rings. The molecule has 1 N–H and O–H groups in total. The van der Waals surface area contributed by atoms with Crippen LogP contribution in [0.1, 0.15) is 22.3 Å². The van der Waals surface area contributed by atoms with Gasteiger partial charge in [-0.2, -0.15) is 0 Å². The number of aryl methyl sites for hydroxylation is 2. The number of hydrogen-bond donors (Lipinski definition) is 1. The minimum atomic E-state index is -0.110. The predicted octanol–water partition coefficient (Wildman–Crippen LogP) is 5.34. The van der Waals surface area contributed by atoms with Gasteiger partial charge in [0.25, 0.3) is 0 Å². The number of hydrogen-bond acceptors (Lipinski definition) is 1. The van der Waals surface area contributed by atoms with Crippen LogP contribution in [0.15, 0.2) is 78.9 Å². The van der Waals surface area contributed by atoms with Crippen LogP contribution in [-0.2, 0) is 17.6 Å². The molecule has 0 spiro atoms. The van der Waals surface area contributed by atoms with E-state index in [1.165, 1.54) is 22.3 Å². The summed E-state index contributed by atoms with van der Waals surface area (Å²) < 4.78 is 0. The Morgan fingerprint density at radius 1 is 0.769 bits per heavy atom. The summed E-state index contributed by atoms with van der Waals surface area (Å²) in [7, 11) is 0. The third kappa shape index (κ3) is 4.82. The van der Waals surface area contributed by atoms with E-state index >= 15 is 0 Å². The maximum atomic E-state index is 13.0. The quantitative estimate of drug-likeness (QED) is 0.643. The first-order valence-corrected chi connectivity index (χ1v) is 9.08. The van der Waals surface area contributed by atoms with Crippen LogP contribution in [0.25, 0.3) is 0 Å². The molecule has 3 aromatic carbocycles. The summed E-state index contributed by atoms with van der Waals surface area (Å²) in [6.45, 7) is 4.14. The van der Waals surface area contributed by atoms with E-state index in [0.29, 0.717) is 0 Å². The second-order valence-electron chi connectivity index (χ2n) is 6.86. The summed E-state index contributed by atoms with van der Waals surface area (Å²) in [5.74, 6) is -0.0395. The minimum Gasteiger partial charge on any atom is -0.326 e. The molecule has 0 aromatic heterocycles. The predicted molar refractivity (Wildman–Crippen MR) is 108 cm³/mol. The second kappa shape index (κ2) is 8.48. The molecule has 0 aliphatic heterocycles. The lowest BCUT2D eigenvalue weighted by atomic mass is 9.91. The van der Waals surface area contributed by atoms with E-state index in [0.717, 1.165) is 18.5 Å². The molecule has 0 bridgehead atoms. The molecule has 0 unspecified atom stereocenters. The van der Waals surface area contributed by atoms with Gasteiger partial charge in [-0.1, -0.05) is 66.7 Å². The summed E-state index contributed by atoms with van der Waals surface area (Å²) >= 11 is 0. The van der Waals surface area contributed by atoms with E-state index < -0.39 is 0 Å². The van der Waals surface area contributed by atoms with Crippen LogP contribution in [0, 0.1) is 19.8 Å². The number of carbonyl (C=O) groups excluding carboxylic acids is 1. The van der Waals surface area contributed by atoms with Gasteiger partial charge in [0.05, 0.1) is 0 Å². The highest BCUT2D eigenvalue weighted by molar-refractivity contribution is 5.93. The average molecular weight is 343 g/mol. The van der Waals surface area contributed by atoms with Gasteiger partial charge in [0, 0.05) is 11.6 Å². The van der Waals surface area contributed by atoms with E-state index in [1.54, 1.807) is 0 Å². The third-order valence-electron chi connectivity index (χ3n) is 4.80. The Balaban J connectivity index is 1.78. The van der Waals surface area contributed by atoms with Gasteiger partial charge in [-0.25, -0.2) is 0 Å². The highest BCUT2D eigenvalue weighted by Crippen LogP contribution is 2.19. The van der Waals surface area contributed by atoms with Crippen molar-refractivity contribution in [1.29, 1.82) is 0 Å². The monoisotopic (exact) mass is 343 g/mol. The summed E-state index contributed by atoms with van der Waals surface area (Å²) in [5, 5.41) is 3.11. The summed E-state index contributed by atoms with van der Waals surface area (Å²) in [6, 6.07) is 26.5. The molecule has 132 valence electrons. The lowest BCUT2D eigenvalue weighted by Gasteiger charge is -2.18. The van der Waals surface area contributed by atoms with Crippen molar-refractivity contribution in [3.05, 3.63) is 101 Å². The zero-order chi connectivity index (χ0) is 18.4. The molecule has 0 saturated carbocycles. The van der Waals surface area contributed by atoms with E-state index in [9.17, 15) is 4.79 Å². The average Bonchev–Trinajstić information content (AvgIpc) is 2.66. The van der Waals surface area contributed by atoms with Crippen molar-refractivity contribution in [1.82, 2.24) is 0 Å². The van der Waals surface area contributed by atoms with Gasteiger partial charge in [-0.3, -0.25) is 4.79 Å². The molecule has 3 rings (SSSR count). The fourth-order valence-electron chi connectivity index (χ4n) is 3.12. The Labute approximate surface area is 155 Å². The van der Waals surface area contributed by atoms with Crippen LogP contribution in [0.3, 0.4) is 0 Å². The van der Waals surface area contributed by atoms with Crippen molar-refractivity contribution < 1.29 is 4.79 Å². The lowest BCUT2D eigenvalue weighted by Crippen LogP contribution is -2.26. The standard InChI is InChI=1S/C24H25NO/c1-18-13-14-23(15-19(18)2)25-24(26)22(16-20-9-5-3-6-10-20)17-21-11-7-4-8-12-21/h3-15,22H,16-17H2,1-2H3,(H,25,26). The van der Waals surface area contributed by atoms with E-state index in [1.807, 2.05) is 54.6 Å². The molecule has 0 saturated heterocycles. The van der Waals surface area contributed by atoms with Crippen LogP contribution >= 0.6 is 0 Å². The summed E-state index contributed by atoms with van der Waals surface area (Å²) in [4.78, 5) is 13.0. The third-order valence-corrected chi connectivity index (χ3v) is 4.80. The topological polar surface area (TPSA) is 29.1 Å². The smallest absolute Gasteiger partial charge is 0.228 e. The largest absolute Gasteiger partial charge is 0.326 e. The fraction of sp³-hybridized carbons (Fsp3) is 0.208. The van der Waals surface area contributed by atoms with Crippen LogP contribution in [-0.4, -0.2) is 5.91 Å². The first-order chi connectivity index (χ1) is 12.6. The van der Waals surface area contributed by atoms with Crippen LogP contribution < -0.4 is 5.32 Å². The zero-order valence-electron chi connectivity index (χ0n) is 15.4. The first kappa shape index (κ1) is 17.9. The molecule has 0 fully saturated rings. The number of anilines is 1. The first-order valence-electron chi connectivity index (χ1n) is 9.08. The molecule has 0 heterocycles. The van der Waals surface area contributed by atoms with Crippen LogP contribution in [0.2, 0.25) is 0 Å². The fourth-order valence-corrected chi connectivity index (χ4v) is 3.12. The van der Waals surface area contributed by atoms with E-state index in [2.05, 4.69) is 43.4 Å². The molecule has 0 aliphatic carbocycles. The highest BCUT2D eigenvalue weighted by atomic mass is 16.1. The normalized spacial score (nSPS) is 10.7. The highest BCUT2D eigenvalue weighted by Gasteiger charge is 2.20. The van der Waals surface area contributed by atoms with Crippen molar-refractivity contribution in [3.8, 4) is 0 Å². The number of amides is 1. The second-order valence-corrected chi connectivity index (χ2v) is 6.86. The van der Waals surface area contributed by atoms with Gasteiger partial charge in [0.15, 0.2) is 0 Å². The van der Waals surface area contributed by atoms with Crippen LogP contribution in [0.5, 0.6) is 0 Å². The number of rotatable bonds is 6. The molecule has 1 amide bonds. The van der Waals surface area contributed by atoms with Gasteiger partial charge in [-0.05, 0) is 61.1 Å². The number of nitrogens with one attached hydrogen (secondary N) is 1. The molecule has 2 nitrogen and oxygen atoms in total. The summed E-state index contributed by atoms with van der Waals surface area (Å²) in [5.41, 5.74) is 5.65. The molecule has 26 heavy (non-hydrogen) atoms. The Bertz CT molecular complexity index is 814. The van der Waals surface area contributed by atoms with Gasteiger partial charge in [-0.15, -0.1) is 0 Å². The van der Waals surface area contributed by atoms with Crippen molar-refractivity contribution in [3.63, 3.8) is 0 Å². The maximum absolute atomic E-state index is 13.0. The maximum Gasteiger partial charge on any atom is 0.228 e. The summed E-state index contributed by atoms with van der Waals surface area (Å²) in [6.07, 6.45) is 1.46. The van der Waals surface area contributed by atoms with Crippen molar-refractivity contribution in [2.75, 3.05) is 5.32 Å². The van der Waals surface area contributed by atoms with Crippen LogP contribution in [0.4, 0.5) is 5.69 Å². The molecular weight excluding hydrogens is 318 g/mol. The Morgan fingerprint density at radius 2 is 1.31 bits per heavy atom. The Kier molecular flexibility index (Phi) is 5.85. The molecule has 0 atom stereocenters. The Morgan fingerprint density at radius 3 is 1.81 bits per heavy atom. The van der Waals surface area contributed by atoms with Gasteiger partial charge < -0.3 is 5.32 Å². The van der Waals surface area contributed by atoms with E-state index in [4.69, 9.17) is 0 Å². The Hall–Kier alpha value is -2.87. The van der Waals surface area contributed by atoms with E-state index in [-0.39, 0.29) is 11.8 Å². The molecule has 2 heteroatoms. The number of benzene rings is 3. The van der Waals surface area contributed by atoms with Crippen molar-refractivity contribution in [2.24, 2.45) is 5.92 Å². The lowest BCUT2D eigenvalue weighted by molar-refractivity contribution is -0.119.